The molecule has 31 heavy (non-hydrogen) atoms. The SMILES string of the molecule is O=C(c1c[nH]cc1-c1ccccc1)C1C(c2ccc(Cl)cc2)=NOC1c1ccccc1. The minimum absolute atomic E-state index is 0.0415. The molecule has 0 radical (unpaired) electrons. The fourth-order valence-corrected chi connectivity index (χ4v) is 4.10. The summed E-state index contributed by atoms with van der Waals surface area (Å²) in [6.45, 7) is 0. The highest BCUT2D eigenvalue weighted by molar-refractivity contribution is 6.30. The Hall–Kier alpha value is -3.63. The van der Waals surface area contributed by atoms with Crippen LogP contribution >= 0.6 is 11.6 Å². The van der Waals surface area contributed by atoms with Crippen LogP contribution in [0.5, 0.6) is 0 Å². The summed E-state index contributed by atoms with van der Waals surface area (Å²) >= 11 is 6.07. The van der Waals surface area contributed by atoms with Gasteiger partial charge in [0.15, 0.2) is 11.9 Å². The summed E-state index contributed by atoms with van der Waals surface area (Å²) in [7, 11) is 0. The van der Waals surface area contributed by atoms with Crippen molar-refractivity contribution >= 4 is 23.1 Å². The number of carbonyl (C=O) groups is 1. The van der Waals surface area contributed by atoms with Gasteiger partial charge in [-0.1, -0.05) is 89.6 Å². The quantitative estimate of drug-likeness (QED) is 0.380. The first kappa shape index (κ1) is 19.3. The maximum absolute atomic E-state index is 13.9. The highest BCUT2D eigenvalue weighted by Gasteiger charge is 2.42. The monoisotopic (exact) mass is 426 g/mol. The summed E-state index contributed by atoms with van der Waals surface area (Å²) in [6.07, 6.45) is 3.11. The number of aromatic amines is 1. The van der Waals surface area contributed by atoms with Gasteiger partial charge in [-0.15, -0.1) is 0 Å². The molecule has 0 saturated heterocycles. The first-order valence-electron chi connectivity index (χ1n) is 10.0. The van der Waals surface area contributed by atoms with Crippen LogP contribution in [0.3, 0.4) is 0 Å². The smallest absolute Gasteiger partial charge is 0.178 e. The number of ketones is 1. The van der Waals surface area contributed by atoms with Crippen LogP contribution in [0.2, 0.25) is 5.02 Å². The lowest BCUT2D eigenvalue weighted by atomic mass is 9.82. The number of halogens is 1. The van der Waals surface area contributed by atoms with E-state index >= 15 is 0 Å². The third-order valence-electron chi connectivity index (χ3n) is 5.51. The third-order valence-corrected chi connectivity index (χ3v) is 5.76. The minimum atomic E-state index is -0.582. The van der Waals surface area contributed by atoms with Crippen molar-refractivity contribution in [3.05, 3.63) is 119 Å². The number of nitrogens with zero attached hydrogens (tertiary/aromatic N) is 1. The van der Waals surface area contributed by atoms with E-state index in [-0.39, 0.29) is 5.78 Å². The highest BCUT2D eigenvalue weighted by atomic mass is 35.5. The number of hydrogen-bond acceptors (Lipinski definition) is 3. The number of H-pyrrole nitrogens is 1. The molecule has 2 atom stereocenters. The molecule has 0 aliphatic carbocycles. The summed E-state index contributed by atoms with van der Waals surface area (Å²) in [5.74, 6) is -0.623. The van der Waals surface area contributed by atoms with Crippen molar-refractivity contribution < 1.29 is 9.63 Å². The molecule has 5 rings (SSSR count). The number of benzene rings is 3. The Kier molecular flexibility index (Phi) is 5.14. The summed E-state index contributed by atoms with van der Waals surface area (Å²) in [5.41, 5.74) is 4.79. The van der Waals surface area contributed by atoms with Gasteiger partial charge in [0, 0.05) is 34.1 Å². The summed E-state index contributed by atoms with van der Waals surface area (Å²) in [4.78, 5) is 22.9. The van der Waals surface area contributed by atoms with Gasteiger partial charge in [-0.3, -0.25) is 4.79 Å². The van der Waals surface area contributed by atoms with Gasteiger partial charge in [-0.25, -0.2) is 0 Å². The third kappa shape index (κ3) is 3.66. The molecule has 0 spiro atoms. The molecule has 4 aromatic rings. The largest absolute Gasteiger partial charge is 0.386 e. The van der Waals surface area contributed by atoms with Crippen LogP contribution in [0, 0.1) is 5.92 Å². The Bertz CT molecular complexity index is 1230. The maximum atomic E-state index is 13.9. The zero-order chi connectivity index (χ0) is 21.2. The van der Waals surface area contributed by atoms with Crippen molar-refractivity contribution in [2.45, 2.75) is 6.10 Å². The van der Waals surface area contributed by atoms with E-state index in [2.05, 4.69) is 10.1 Å². The van der Waals surface area contributed by atoms with E-state index in [9.17, 15) is 4.79 Å². The number of aromatic nitrogens is 1. The van der Waals surface area contributed by atoms with Crippen LogP contribution in [0.1, 0.15) is 27.6 Å². The zero-order valence-electron chi connectivity index (χ0n) is 16.5. The van der Waals surface area contributed by atoms with Gasteiger partial charge in [0.25, 0.3) is 0 Å². The van der Waals surface area contributed by atoms with Gasteiger partial charge >= 0.3 is 0 Å². The number of hydrogen-bond donors (Lipinski definition) is 1. The molecule has 0 saturated carbocycles. The molecule has 0 amide bonds. The van der Waals surface area contributed by atoms with Gasteiger partial charge < -0.3 is 9.82 Å². The van der Waals surface area contributed by atoms with Gasteiger partial charge in [-0.2, -0.15) is 0 Å². The van der Waals surface area contributed by atoms with Crippen molar-refractivity contribution in [2.24, 2.45) is 11.1 Å². The van der Waals surface area contributed by atoms with Crippen LogP contribution < -0.4 is 0 Å². The molecule has 152 valence electrons. The molecule has 0 fully saturated rings. The van der Waals surface area contributed by atoms with E-state index in [1.807, 2.05) is 79.0 Å². The average molecular weight is 427 g/mol. The van der Waals surface area contributed by atoms with E-state index < -0.39 is 12.0 Å². The van der Waals surface area contributed by atoms with Crippen LogP contribution in [-0.4, -0.2) is 16.5 Å². The van der Waals surface area contributed by atoms with E-state index in [4.69, 9.17) is 16.4 Å². The second-order valence-corrected chi connectivity index (χ2v) is 7.85. The van der Waals surface area contributed by atoms with Crippen molar-refractivity contribution in [1.82, 2.24) is 4.98 Å². The predicted octanol–water partition coefficient (Wildman–Crippen LogP) is 6.31. The lowest BCUT2D eigenvalue weighted by molar-refractivity contribution is 0.0534. The Morgan fingerprint density at radius 1 is 0.839 bits per heavy atom. The number of oxime groups is 1. The van der Waals surface area contributed by atoms with Crippen molar-refractivity contribution in [1.29, 1.82) is 0 Å². The Morgan fingerprint density at radius 3 is 2.23 bits per heavy atom. The Labute approximate surface area is 185 Å². The average Bonchev–Trinajstić information content (AvgIpc) is 3.48. The van der Waals surface area contributed by atoms with Gasteiger partial charge in [0.1, 0.15) is 11.6 Å². The Morgan fingerprint density at radius 2 is 1.52 bits per heavy atom. The first-order chi connectivity index (χ1) is 15.2. The molecule has 3 aromatic carbocycles. The molecule has 4 nitrogen and oxygen atoms in total. The molecule has 1 aromatic heterocycles. The molecule has 2 heterocycles. The normalized spacial score (nSPS) is 17.8. The molecule has 2 unspecified atom stereocenters. The minimum Gasteiger partial charge on any atom is -0.386 e. The maximum Gasteiger partial charge on any atom is 0.178 e. The van der Waals surface area contributed by atoms with Gasteiger partial charge in [-0.05, 0) is 23.3 Å². The molecular formula is C26H19ClN2O2. The van der Waals surface area contributed by atoms with Crippen LogP contribution in [-0.2, 0) is 4.84 Å². The summed E-state index contributed by atoms with van der Waals surface area (Å²) < 4.78 is 0. The van der Waals surface area contributed by atoms with Crippen molar-refractivity contribution in [3.63, 3.8) is 0 Å². The lowest BCUT2D eigenvalue weighted by Gasteiger charge is -2.19. The second kappa shape index (κ2) is 8.25. The fourth-order valence-electron chi connectivity index (χ4n) is 3.98. The fraction of sp³-hybridized carbons (Fsp3) is 0.0769. The number of rotatable bonds is 5. The van der Waals surface area contributed by atoms with Crippen LogP contribution in [0.25, 0.3) is 11.1 Å². The molecule has 5 heteroatoms. The van der Waals surface area contributed by atoms with Crippen LogP contribution in [0.4, 0.5) is 0 Å². The highest BCUT2D eigenvalue weighted by Crippen LogP contribution is 2.39. The summed E-state index contributed by atoms with van der Waals surface area (Å²) in [5, 5.41) is 4.98. The zero-order valence-corrected chi connectivity index (χ0v) is 17.3. The Balaban J connectivity index is 1.59. The van der Waals surface area contributed by atoms with Crippen molar-refractivity contribution in [2.75, 3.05) is 0 Å². The molecular weight excluding hydrogens is 408 g/mol. The van der Waals surface area contributed by atoms with E-state index in [1.165, 1.54) is 0 Å². The molecule has 1 N–H and O–H groups in total. The topological polar surface area (TPSA) is 54.5 Å². The lowest BCUT2D eigenvalue weighted by Crippen LogP contribution is -2.27. The van der Waals surface area contributed by atoms with Crippen molar-refractivity contribution in [3.8, 4) is 11.1 Å². The number of carbonyl (C=O) groups excluding carboxylic acids is 1. The van der Waals surface area contributed by atoms with Crippen LogP contribution in [0.15, 0.2) is 102 Å². The standard InChI is InChI=1S/C26H19ClN2O2/c27-20-13-11-18(12-14-20)24-23(26(31-29-24)19-9-5-2-6-10-19)25(30)22-16-28-15-21(22)17-7-3-1-4-8-17/h1-16,23,26,28H. The van der Waals surface area contributed by atoms with E-state index in [0.717, 1.165) is 22.3 Å². The van der Waals surface area contributed by atoms with Gasteiger partial charge in [0.05, 0.1) is 0 Å². The second-order valence-electron chi connectivity index (χ2n) is 7.41. The molecule has 1 aliphatic rings. The predicted molar refractivity (Wildman–Crippen MR) is 122 cm³/mol. The van der Waals surface area contributed by atoms with E-state index in [1.54, 1.807) is 18.3 Å². The van der Waals surface area contributed by atoms with E-state index in [0.29, 0.717) is 16.3 Å². The number of Topliss-reactive ketones (excluding diaryl/α,β-unsaturated/α-hetero) is 1. The first-order valence-corrected chi connectivity index (χ1v) is 10.4. The molecule has 0 bridgehead atoms. The summed E-state index contributed by atoms with van der Waals surface area (Å²) in [6, 6.07) is 26.9. The number of nitrogens with one attached hydrogen (secondary N) is 1. The van der Waals surface area contributed by atoms with Gasteiger partial charge in [0.2, 0.25) is 0 Å². The molecule has 1 aliphatic heterocycles.